The number of ether oxygens (including phenoxy) is 1. The molecule has 2 saturated heterocycles. The summed E-state index contributed by atoms with van der Waals surface area (Å²) in [5, 5.41) is 5.51. The molecule has 0 bridgehead atoms. The number of fused-ring (bicyclic) bond motifs is 2. The maximum Gasteiger partial charge on any atom is 0.433 e. The van der Waals surface area contributed by atoms with Crippen LogP contribution in [0.4, 0.5) is 18.0 Å². The third-order valence-electron chi connectivity index (χ3n) is 10.1. The second-order valence-corrected chi connectivity index (χ2v) is 17.1. The summed E-state index contributed by atoms with van der Waals surface area (Å²) in [5.41, 5.74) is -1.75. The number of carbonyl (C=O) groups excluding carboxylic acids is 5. The molecule has 3 fully saturated rings. The lowest BCUT2D eigenvalue weighted by Gasteiger charge is -2.26. The van der Waals surface area contributed by atoms with E-state index in [9.17, 15) is 37.1 Å². The van der Waals surface area contributed by atoms with Crippen LogP contribution in [-0.2, 0) is 31.8 Å². The van der Waals surface area contributed by atoms with Crippen LogP contribution in [0.15, 0.2) is 24.4 Å². The van der Waals surface area contributed by atoms with Crippen molar-refractivity contribution in [1.82, 2.24) is 30.4 Å². The van der Waals surface area contributed by atoms with Crippen molar-refractivity contribution < 1.29 is 41.9 Å². The first-order chi connectivity index (χ1) is 24.6. The summed E-state index contributed by atoms with van der Waals surface area (Å²) in [6.07, 6.45) is -3.75. The van der Waals surface area contributed by atoms with Crippen molar-refractivity contribution >= 4 is 51.3 Å². The lowest BCUT2D eigenvalue weighted by Crippen LogP contribution is -2.53. The Bertz CT molecular complexity index is 2000. The number of pyridine rings is 2. The minimum absolute atomic E-state index is 0.00783. The molecule has 5 amide bonds. The Morgan fingerprint density at radius 2 is 1.75 bits per heavy atom. The van der Waals surface area contributed by atoms with E-state index < -0.39 is 47.5 Å². The predicted octanol–water partition coefficient (Wildman–Crippen LogP) is 5.71. The first-order valence-corrected chi connectivity index (χ1v) is 18.3. The van der Waals surface area contributed by atoms with Crippen molar-refractivity contribution in [3.63, 3.8) is 0 Å². The Hall–Kier alpha value is -4.60. The average molecular weight is 757 g/mol. The van der Waals surface area contributed by atoms with Crippen LogP contribution >= 0.6 is 11.3 Å². The highest BCUT2D eigenvalue weighted by Gasteiger charge is 2.72. The van der Waals surface area contributed by atoms with Crippen LogP contribution in [0.5, 0.6) is 0 Å². The van der Waals surface area contributed by atoms with E-state index >= 15 is 0 Å². The number of carbonyl (C=O) groups is 5. The summed E-state index contributed by atoms with van der Waals surface area (Å²) in [6.45, 7) is 14.2. The van der Waals surface area contributed by atoms with E-state index in [-0.39, 0.29) is 77.0 Å². The molecule has 2 aliphatic heterocycles. The zero-order valence-corrected chi connectivity index (χ0v) is 31.6. The van der Waals surface area contributed by atoms with Gasteiger partial charge in [0.25, 0.3) is 5.91 Å². The Morgan fingerprint density at radius 3 is 2.36 bits per heavy atom. The largest absolute Gasteiger partial charge is 0.444 e. The molecule has 53 heavy (non-hydrogen) atoms. The fourth-order valence-corrected chi connectivity index (χ4v) is 8.45. The Morgan fingerprint density at radius 1 is 1.09 bits per heavy atom. The normalized spacial score (nSPS) is 21.6. The molecule has 0 radical (unpaired) electrons. The van der Waals surface area contributed by atoms with Gasteiger partial charge in [-0.1, -0.05) is 27.7 Å². The maximum atomic E-state index is 14.2. The minimum atomic E-state index is -4.80. The van der Waals surface area contributed by atoms with Crippen LogP contribution in [0.25, 0.3) is 21.5 Å². The number of alkyl carbamates (subject to hydrolysis) is 1. The highest BCUT2D eigenvalue weighted by molar-refractivity contribution is 7.19. The van der Waals surface area contributed by atoms with Crippen LogP contribution in [-0.4, -0.2) is 80.3 Å². The molecule has 3 aliphatic rings. The number of rotatable bonds is 8. The van der Waals surface area contributed by atoms with Gasteiger partial charge < -0.3 is 20.3 Å². The van der Waals surface area contributed by atoms with Gasteiger partial charge in [0, 0.05) is 35.8 Å². The van der Waals surface area contributed by atoms with E-state index in [1.165, 1.54) is 40.3 Å². The molecule has 284 valence electrons. The highest BCUT2D eigenvalue weighted by atomic mass is 32.1. The van der Waals surface area contributed by atoms with E-state index in [1.807, 2.05) is 13.8 Å². The molecular formula is C37H43F3N6O6S. The summed E-state index contributed by atoms with van der Waals surface area (Å²) in [7, 11) is 0. The van der Waals surface area contributed by atoms with Crippen LogP contribution in [0, 0.1) is 30.1 Å². The summed E-state index contributed by atoms with van der Waals surface area (Å²) in [4.78, 5) is 77.7. The fourth-order valence-electron chi connectivity index (χ4n) is 7.33. The van der Waals surface area contributed by atoms with Gasteiger partial charge in [0.05, 0.1) is 39.9 Å². The number of likely N-dealkylation sites (tertiary alicyclic amines) is 2. The smallest absolute Gasteiger partial charge is 0.433 e. The zero-order valence-electron chi connectivity index (χ0n) is 30.8. The molecule has 3 aromatic rings. The maximum absolute atomic E-state index is 14.2. The van der Waals surface area contributed by atoms with E-state index in [2.05, 4.69) is 20.6 Å². The van der Waals surface area contributed by atoms with Gasteiger partial charge >= 0.3 is 12.3 Å². The summed E-state index contributed by atoms with van der Waals surface area (Å²) in [5.74, 6) is -2.48. The first-order valence-electron chi connectivity index (χ1n) is 17.5. The lowest BCUT2D eigenvalue weighted by atomic mass is 9.99. The van der Waals surface area contributed by atoms with Gasteiger partial charge in [-0.2, -0.15) is 13.2 Å². The summed E-state index contributed by atoms with van der Waals surface area (Å²) in [6, 6.07) is 2.64. The quantitative estimate of drug-likeness (QED) is 0.278. The molecule has 12 nitrogen and oxygen atoms in total. The number of hydrogen-bond donors (Lipinski definition) is 2. The summed E-state index contributed by atoms with van der Waals surface area (Å²) < 4.78 is 48.2. The number of aromatic nitrogens is 2. The number of piperidine rings is 1. The van der Waals surface area contributed by atoms with Crippen LogP contribution in [0.1, 0.15) is 81.4 Å². The molecule has 3 aromatic heterocycles. The second-order valence-electron chi connectivity index (χ2n) is 16.0. The molecule has 0 spiro atoms. The number of imide groups is 1. The van der Waals surface area contributed by atoms with Gasteiger partial charge in [-0.25, -0.2) is 9.78 Å². The van der Waals surface area contributed by atoms with Gasteiger partial charge in [0.1, 0.15) is 17.3 Å². The second kappa shape index (κ2) is 13.4. The molecule has 2 unspecified atom stereocenters. The van der Waals surface area contributed by atoms with E-state index in [0.717, 1.165) is 6.07 Å². The van der Waals surface area contributed by atoms with E-state index in [0.29, 0.717) is 21.5 Å². The molecule has 6 rings (SSSR count). The monoisotopic (exact) mass is 756 g/mol. The van der Waals surface area contributed by atoms with Crippen LogP contribution in [0.2, 0.25) is 0 Å². The van der Waals surface area contributed by atoms with Crippen LogP contribution < -0.4 is 10.6 Å². The number of nitrogens with one attached hydrogen (secondary N) is 2. The van der Waals surface area contributed by atoms with Crippen molar-refractivity contribution in [2.24, 2.45) is 23.2 Å². The molecule has 16 heteroatoms. The van der Waals surface area contributed by atoms with Crippen molar-refractivity contribution in [3.8, 4) is 11.3 Å². The molecule has 0 aromatic carbocycles. The summed E-state index contributed by atoms with van der Waals surface area (Å²) >= 11 is 1.18. The average Bonchev–Trinajstić information content (AvgIpc) is 3.44. The van der Waals surface area contributed by atoms with Crippen molar-refractivity contribution in [2.75, 3.05) is 13.1 Å². The highest BCUT2D eigenvalue weighted by Crippen LogP contribution is 2.63. The van der Waals surface area contributed by atoms with Gasteiger partial charge in [0.2, 0.25) is 17.7 Å². The van der Waals surface area contributed by atoms with Crippen LogP contribution in [0.3, 0.4) is 0 Å². The predicted molar refractivity (Wildman–Crippen MR) is 189 cm³/mol. The van der Waals surface area contributed by atoms with Crippen molar-refractivity contribution in [3.05, 3.63) is 46.1 Å². The number of halogens is 3. The molecular weight excluding hydrogens is 714 g/mol. The Labute approximate surface area is 308 Å². The molecule has 2 N–H and O–H groups in total. The lowest BCUT2D eigenvalue weighted by molar-refractivity contribution is -0.144. The molecule has 4 atom stereocenters. The number of alkyl halides is 3. The standard InChI is InChI=1S/C37H43F3N6O6S/c1-17(2)27(44-34(51)52-35(4,5)6)30(47)42-19-10-12-45(15-19)31(48)24-18(3)13-23(37(38,39)40)43-28(24)21-9-11-41-22-14-20(53-29(21)22)16-46-32(49)25-26(33(46)50)36(25,7)8/h9,11,13-14,17,19,25-27H,10,12,15-16H2,1-8H3,(H,42,47)(H,44,51)/t19-,25?,26?,27-/m0/s1. The van der Waals surface area contributed by atoms with Gasteiger partial charge in [-0.15, -0.1) is 11.3 Å². The number of amides is 5. The molecule has 1 saturated carbocycles. The minimum Gasteiger partial charge on any atom is -0.444 e. The molecule has 1 aliphatic carbocycles. The fraction of sp³-hybridized carbons (Fsp3) is 0.541. The van der Waals surface area contributed by atoms with E-state index in [1.54, 1.807) is 40.7 Å². The Kier molecular flexibility index (Phi) is 9.61. The topological polar surface area (TPSA) is 151 Å². The molecule has 5 heterocycles. The van der Waals surface area contributed by atoms with Gasteiger partial charge in [-0.05, 0) is 69.2 Å². The number of thiophene rings is 1. The zero-order chi connectivity index (χ0) is 38.9. The number of nitrogens with zero attached hydrogens (tertiary/aromatic N) is 4. The SMILES string of the molecule is Cc1cc(C(F)(F)F)nc(-c2ccnc3cc(CN4C(=O)C5C(C4=O)C5(C)C)sc23)c1C(=O)N1CC[C@H](NC(=O)[C@@H](NC(=O)OC(C)(C)C)C(C)C)C1. The van der Waals surface area contributed by atoms with Gasteiger partial charge in [0.15, 0.2) is 0 Å². The van der Waals surface area contributed by atoms with Gasteiger partial charge in [-0.3, -0.25) is 29.1 Å². The third kappa shape index (κ3) is 7.34. The van der Waals surface area contributed by atoms with E-state index in [4.69, 9.17) is 4.74 Å². The van der Waals surface area contributed by atoms with Crippen molar-refractivity contribution in [2.45, 2.75) is 92.2 Å². The third-order valence-corrected chi connectivity index (χ3v) is 11.2. The Balaban J connectivity index is 1.26. The number of aryl methyl sites for hydroxylation is 1. The van der Waals surface area contributed by atoms with Crippen molar-refractivity contribution in [1.29, 1.82) is 0 Å². The first kappa shape index (κ1) is 38.1. The number of hydrogen-bond acceptors (Lipinski definition) is 9.